The lowest BCUT2D eigenvalue weighted by atomic mass is 9.97. The topological polar surface area (TPSA) is 86.3 Å². The monoisotopic (exact) mass is 559 g/mol. The molecular formula is C34H30FN5O2. The number of pyridine rings is 1. The first-order valence-electron chi connectivity index (χ1n) is 13.8. The molecule has 2 N–H and O–H groups in total. The molecule has 1 fully saturated rings. The highest BCUT2D eigenvalue weighted by Gasteiger charge is 2.29. The Labute approximate surface area is 243 Å². The molecule has 2 aromatic heterocycles. The number of para-hydroxylation sites is 1. The van der Waals surface area contributed by atoms with E-state index in [2.05, 4.69) is 18.1 Å². The number of nitrogens with two attached hydrogens (primary N) is 1. The smallest absolute Gasteiger partial charge is 0.246 e. The van der Waals surface area contributed by atoms with Crippen LogP contribution >= 0.6 is 0 Å². The maximum atomic E-state index is 13.7. The summed E-state index contributed by atoms with van der Waals surface area (Å²) in [5.74, 6) is 1.33. The first-order valence-corrected chi connectivity index (χ1v) is 13.8. The predicted molar refractivity (Wildman–Crippen MR) is 163 cm³/mol. The first-order chi connectivity index (χ1) is 20.4. The second-order valence-corrected chi connectivity index (χ2v) is 10.3. The van der Waals surface area contributed by atoms with Crippen molar-refractivity contribution < 1.29 is 13.9 Å². The van der Waals surface area contributed by atoms with Crippen LogP contribution in [-0.2, 0) is 4.79 Å². The van der Waals surface area contributed by atoms with Gasteiger partial charge in [0.15, 0.2) is 0 Å². The van der Waals surface area contributed by atoms with Crippen LogP contribution in [0.1, 0.15) is 30.0 Å². The molecule has 1 aliphatic heterocycles. The number of carbonyl (C=O) groups excluding carboxylic acids is 1. The third-order valence-corrected chi connectivity index (χ3v) is 7.61. The number of likely N-dealkylation sites (tertiary alicyclic amines) is 1. The maximum absolute atomic E-state index is 13.7. The van der Waals surface area contributed by atoms with Crippen molar-refractivity contribution >= 4 is 28.2 Å². The lowest BCUT2D eigenvalue weighted by Crippen LogP contribution is -2.40. The van der Waals surface area contributed by atoms with Gasteiger partial charge in [-0.15, -0.1) is 0 Å². The quantitative estimate of drug-likeness (QED) is 0.217. The van der Waals surface area contributed by atoms with Crippen LogP contribution in [0.25, 0.3) is 27.7 Å². The van der Waals surface area contributed by atoms with E-state index in [-0.39, 0.29) is 17.8 Å². The second-order valence-electron chi connectivity index (χ2n) is 10.3. The number of halogens is 1. The number of hydrogen-bond donors (Lipinski definition) is 1. The van der Waals surface area contributed by atoms with Crippen LogP contribution in [0.2, 0.25) is 0 Å². The summed E-state index contributed by atoms with van der Waals surface area (Å²) in [6.07, 6.45) is 4.68. The highest BCUT2D eigenvalue weighted by Crippen LogP contribution is 2.40. The summed E-state index contributed by atoms with van der Waals surface area (Å²) in [4.78, 5) is 18.9. The average Bonchev–Trinajstić information content (AvgIpc) is 3.43. The van der Waals surface area contributed by atoms with Gasteiger partial charge in [-0.1, -0.05) is 43.5 Å². The molecule has 210 valence electrons. The summed E-state index contributed by atoms with van der Waals surface area (Å²) >= 11 is 0. The molecule has 1 saturated heterocycles. The second kappa shape index (κ2) is 11.3. The van der Waals surface area contributed by atoms with Crippen LogP contribution in [0.4, 0.5) is 10.2 Å². The van der Waals surface area contributed by atoms with Crippen LogP contribution < -0.4 is 10.5 Å². The molecule has 0 aliphatic carbocycles. The number of hydrogen-bond acceptors (Lipinski definition) is 5. The number of benzene rings is 3. The molecule has 3 heterocycles. The zero-order valence-corrected chi connectivity index (χ0v) is 23.0. The molecule has 6 rings (SSSR count). The number of piperidine rings is 1. The third kappa shape index (κ3) is 5.14. The SMILES string of the molecule is C=CC(=O)N1CCCC(n2nc(-c3ccc(Oc4ccccc4)cc3)c3c(N)ncc(C(=C)c4ccc(F)cc4)c32)C1. The van der Waals surface area contributed by atoms with Gasteiger partial charge >= 0.3 is 0 Å². The van der Waals surface area contributed by atoms with Crippen molar-refractivity contribution in [3.63, 3.8) is 0 Å². The van der Waals surface area contributed by atoms with Crippen molar-refractivity contribution in [3.8, 4) is 22.8 Å². The Morgan fingerprint density at radius 1 is 1.02 bits per heavy atom. The Morgan fingerprint density at radius 3 is 2.45 bits per heavy atom. The van der Waals surface area contributed by atoms with Gasteiger partial charge in [-0.2, -0.15) is 5.10 Å². The molecule has 1 aliphatic rings. The molecular weight excluding hydrogens is 529 g/mol. The van der Waals surface area contributed by atoms with E-state index in [9.17, 15) is 9.18 Å². The van der Waals surface area contributed by atoms with Crippen LogP contribution in [0.3, 0.4) is 0 Å². The minimum absolute atomic E-state index is 0.109. The molecule has 3 aromatic carbocycles. The van der Waals surface area contributed by atoms with Gasteiger partial charge in [0.1, 0.15) is 28.8 Å². The highest BCUT2D eigenvalue weighted by molar-refractivity contribution is 6.06. The summed E-state index contributed by atoms with van der Waals surface area (Å²) in [6.45, 7) is 9.15. The summed E-state index contributed by atoms with van der Waals surface area (Å²) in [6, 6.07) is 23.3. The number of rotatable bonds is 7. The van der Waals surface area contributed by atoms with Crippen molar-refractivity contribution in [3.05, 3.63) is 121 Å². The molecule has 5 aromatic rings. The zero-order chi connectivity index (χ0) is 29.2. The van der Waals surface area contributed by atoms with Crippen molar-refractivity contribution in [2.24, 2.45) is 0 Å². The molecule has 7 nitrogen and oxygen atoms in total. The van der Waals surface area contributed by atoms with Gasteiger partial charge in [0.25, 0.3) is 0 Å². The zero-order valence-electron chi connectivity index (χ0n) is 23.0. The summed E-state index contributed by atoms with van der Waals surface area (Å²) in [5.41, 5.74) is 11.0. The number of fused-ring (bicyclic) bond motifs is 1. The number of carbonyl (C=O) groups is 1. The number of amides is 1. The van der Waals surface area contributed by atoms with Crippen molar-refractivity contribution in [1.82, 2.24) is 19.7 Å². The number of nitrogen functional groups attached to an aromatic ring is 1. The summed E-state index contributed by atoms with van der Waals surface area (Å²) in [5, 5.41) is 5.81. The molecule has 0 spiro atoms. The van der Waals surface area contributed by atoms with Crippen LogP contribution in [0, 0.1) is 5.82 Å². The standard InChI is InChI=1S/C34H30FN5O2/c1-3-30(41)39-19-7-8-26(21-39)40-33-29(22(2)23-11-15-25(35)16-12-23)20-37-34(36)31(33)32(38-40)24-13-17-28(18-14-24)42-27-9-5-4-6-10-27/h3-6,9-18,20,26H,1-2,7-8,19,21H2,(H2,36,37). The van der Waals surface area contributed by atoms with E-state index >= 15 is 0 Å². The molecule has 8 heteroatoms. The molecule has 1 unspecified atom stereocenters. The number of aromatic nitrogens is 3. The number of ether oxygens (including phenoxy) is 1. The van der Waals surface area contributed by atoms with E-state index in [0.717, 1.165) is 40.8 Å². The Balaban J connectivity index is 1.48. The van der Waals surface area contributed by atoms with Gasteiger partial charge in [-0.05, 0) is 78.6 Å². The molecule has 1 amide bonds. The lowest BCUT2D eigenvalue weighted by Gasteiger charge is -2.32. The van der Waals surface area contributed by atoms with Crippen LogP contribution in [0.5, 0.6) is 11.5 Å². The van der Waals surface area contributed by atoms with Crippen molar-refractivity contribution in [2.75, 3.05) is 18.8 Å². The average molecular weight is 560 g/mol. The van der Waals surface area contributed by atoms with Gasteiger partial charge in [0, 0.05) is 30.4 Å². The van der Waals surface area contributed by atoms with E-state index in [4.69, 9.17) is 15.6 Å². The number of anilines is 1. The fourth-order valence-electron chi connectivity index (χ4n) is 5.48. The van der Waals surface area contributed by atoms with E-state index in [1.807, 2.05) is 59.3 Å². The summed E-state index contributed by atoms with van der Waals surface area (Å²) in [7, 11) is 0. The number of nitrogens with zero attached hydrogens (tertiary/aromatic N) is 4. The van der Waals surface area contributed by atoms with E-state index in [0.29, 0.717) is 41.3 Å². The van der Waals surface area contributed by atoms with Gasteiger partial charge in [0.05, 0.1) is 16.9 Å². The van der Waals surface area contributed by atoms with E-state index < -0.39 is 0 Å². The Morgan fingerprint density at radius 2 is 1.74 bits per heavy atom. The van der Waals surface area contributed by atoms with Crippen molar-refractivity contribution in [2.45, 2.75) is 18.9 Å². The first kappa shape index (κ1) is 27.0. The highest BCUT2D eigenvalue weighted by atomic mass is 19.1. The Hall–Kier alpha value is -5.24. The fraction of sp³-hybridized carbons (Fsp3) is 0.147. The maximum Gasteiger partial charge on any atom is 0.246 e. The van der Waals surface area contributed by atoms with E-state index in [1.165, 1.54) is 18.2 Å². The summed E-state index contributed by atoms with van der Waals surface area (Å²) < 4.78 is 21.7. The Bertz CT molecular complexity index is 1780. The lowest BCUT2D eigenvalue weighted by molar-refractivity contribution is -0.127. The molecule has 0 bridgehead atoms. The van der Waals surface area contributed by atoms with E-state index in [1.54, 1.807) is 23.2 Å². The van der Waals surface area contributed by atoms with Gasteiger partial charge < -0.3 is 15.4 Å². The van der Waals surface area contributed by atoms with Gasteiger partial charge in [0.2, 0.25) is 5.91 Å². The van der Waals surface area contributed by atoms with Gasteiger partial charge in [-0.25, -0.2) is 9.37 Å². The molecule has 1 atom stereocenters. The minimum Gasteiger partial charge on any atom is -0.457 e. The fourth-order valence-corrected chi connectivity index (χ4v) is 5.48. The van der Waals surface area contributed by atoms with Crippen LogP contribution in [0.15, 0.2) is 104 Å². The molecule has 42 heavy (non-hydrogen) atoms. The molecule has 0 saturated carbocycles. The Kier molecular flexibility index (Phi) is 7.27. The van der Waals surface area contributed by atoms with Crippen LogP contribution in [-0.4, -0.2) is 38.7 Å². The molecule has 0 radical (unpaired) electrons. The van der Waals surface area contributed by atoms with Gasteiger partial charge in [-0.3, -0.25) is 9.48 Å². The van der Waals surface area contributed by atoms with Crippen molar-refractivity contribution in [1.29, 1.82) is 0 Å². The predicted octanol–water partition coefficient (Wildman–Crippen LogP) is 7.02. The minimum atomic E-state index is -0.326. The third-order valence-electron chi connectivity index (χ3n) is 7.61. The normalized spacial score (nSPS) is 15.0. The largest absolute Gasteiger partial charge is 0.457 e.